The summed E-state index contributed by atoms with van der Waals surface area (Å²) in [5.41, 5.74) is 3.50. The van der Waals surface area contributed by atoms with E-state index in [4.69, 9.17) is 13.9 Å². The zero-order valence-electron chi connectivity index (χ0n) is 19.1. The fraction of sp³-hybridized carbons (Fsp3) is 0.370. The number of piperidine rings is 1. The van der Waals surface area contributed by atoms with Crippen molar-refractivity contribution < 1.29 is 18.7 Å². The Hall–Kier alpha value is -3.09. The highest BCUT2D eigenvalue weighted by atomic mass is 16.5. The predicted octanol–water partition coefficient (Wildman–Crippen LogP) is 4.32. The highest BCUT2D eigenvalue weighted by Crippen LogP contribution is 2.52. The van der Waals surface area contributed by atoms with E-state index in [1.165, 1.54) is 17.4 Å². The van der Waals surface area contributed by atoms with Crippen LogP contribution >= 0.6 is 0 Å². The van der Waals surface area contributed by atoms with Gasteiger partial charge in [-0.3, -0.25) is 9.69 Å². The van der Waals surface area contributed by atoms with E-state index < -0.39 is 0 Å². The van der Waals surface area contributed by atoms with Gasteiger partial charge in [-0.05, 0) is 55.3 Å². The zero-order valence-corrected chi connectivity index (χ0v) is 19.1. The van der Waals surface area contributed by atoms with Crippen molar-refractivity contribution in [2.24, 2.45) is 0 Å². The second-order valence-electron chi connectivity index (χ2n) is 8.92. The zero-order chi connectivity index (χ0) is 22.8. The first-order valence-corrected chi connectivity index (χ1v) is 11.5. The molecular weight excluding hydrogens is 416 g/mol. The highest BCUT2D eigenvalue weighted by Gasteiger charge is 2.54. The quantitative estimate of drug-likeness (QED) is 0.611. The van der Waals surface area contributed by atoms with E-state index in [0.717, 1.165) is 43.8 Å². The van der Waals surface area contributed by atoms with Gasteiger partial charge in [-0.15, -0.1) is 0 Å². The van der Waals surface area contributed by atoms with Crippen molar-refractivity contribution in [3.05, 3.63) is 89.4 Å². The molecule has 2 atom stereocenters. The van der Waals surface area contributed by atoms with Gasteiger partial charge in [0.15, 0.2) is 5.76 Å². The van der Waals surface area contributed by atoms with Crippen LogP contribution in [0.3, 0.4) is 0 Å². The molecule has 1 N–H and O–H groups in total. The fourth-order valence-corrected chi connectivity index (χ4v) is 5.73. The summed E-state index contributed by atoms with van der Waals surface area (Å²) in [7, 11) is 3.48. The van der Waals surface area contributed by atoms with Crippen molar-refractivity contribution in [3.8, 4) is 5.75 Å². The molecule has 5 rings (SSSR count). The number of hydrogen-bond acceptors (Lipinski definition) is 5. The molecule has 0 bridgehead atoms. The van der Waals surface area contributed by atoms with Crippen LogP contribution in [0.25, 0.3) is 0 Å². The minimum atomic E-state index is -0.218. The lowest BCUT2D eigenvalue weighted by Crippen LogP contribution is -2.50. The van der Waals surface area contributed by atoms with E-state index in [-0.39, 0.29) is 23.5 Å². The van der Waals surface area contributed by atoms with E-state index in [9.17, 15) is 4.79 Å². The number of amides is 1. The van der Waals surface area contributed by atoms with Crippen LogP contribution in [-0.2, 0) is 16.7 Å². The fourth-order valence-electron chi connectivity index (χ4n) is 5.73. The Morgan fingerprint density at radius 2 is 1.82 bits per heavy atom. The lowest BCUT2D eigenvalue weighted by atomic mass is 9.71. The van der Waals surface area contributed by atoms with Crippen molar-refractivity contribution in [2.45, 2.75) is 36.9 Å². The Kier molecular flexibility index (Phi) is 5.96. The summed E-state index contributed by atoms with van der Waals surface area (Å²) >= 11 is 0. The third-order valence-corrected chi connectivity index (χ3v) is 7.30. The summed E-state index contributed by atoms with van der Waals surface area (Å²) in [6.07, 6.45) is 3.31. The van der Waals surface area contributed by atoms with Crippen LogP contribution in [0, 0.1) is 0 Å². The van der Waals surface area contributed by atoms with Crippen molar-refractivity contribution >= 4 is 5.91 Å². The van der Waals surface area contributed by atoms with Crippen LogP contribution in [0.2, 0.25) is 0 Å². The normalized spacial score (nSPS) is 21.6. The molecule has 1 aromatic heterocycles. The molecule has 1 spiro atoms. The number of methoxy groups -OCH3 is 2. The number of ether oxygens (including phenoxy) is 2. The van der Waals surface area contributed by atoms with Crippen LogP contribution in [0.5, 0.6) is 5.75 Å². The molecule has 1 aliphatic heterocycles. The maximum atomic E-state index is 12.8. The number of nitrogens with zero attached hydrogens (tertiary/aromatic N) is 1. The number of fused-ring (bicyclic) bond motifs is 2. The van der Waals surface area contributed by atoms with E-state index in [0.29, 0.717) is 5.76 Å². The second-order valence-corrected chi connectivity index (χ2v) is 8.92. The van der Waals surface area contributed by atoms with Crippen LogP contribution in [-0.4, -0.2) is 44.2 Å². The summed E-state index contributed by atoms with van der Waals surface area (Å²) in [4.78, 5) is 15.3. The maximum absolute atomic E-state index is 12.8. The number of hydrogen-bond donors (Lipinski definition) is 1. The molecule has 3 aromatic rings. The monoisotopic (exact) mass is 446 g/mol. The van der Waals surface area contributed by atoms with Gasteiger partial charge in [0.25, 0.3) is 5.91 Å². The molecule has 2 heterocycles. The van der Waals surface area contributed by atoms with Crippen LogP contribution in [0.1, 0.15) is 46.1 Å². The molecule has 1 saturated heterocycles. The van der Waals surface area contributed by atoms with Crippen molar-refractivity contribution in [2.75, 3.05) is 27.3 Å². The minimum absolute atomic E-state index is 0.135. The van der Waals surface area contributed by atoms with Gasteiger partial charge in [-0.25, -0.2) is 0 Å². The van der Waals surface area contributed by atoms with Crippen LogP contribution < -0.4 is 10.1 Å². The molecule has 0 saturated carbocycles. The number of rotatable bonds is 6. The third kappa shape index (κ3) is 3.83. The number of furan rings is 1. The molecule has 2 aromatic carbocycles. The molecule has 1 amide bonds. The molecule has 6 nitrogen and oxygen atoms in total. The number of carbonyl (C=O) groups is 1. The molecule has 172 valence electrons. The minimum Gasteiger partial charge on any atom is -0.496 e. The van der Waals surface area contributed by atoms with E-state index in [2.05, 4.69) is 40.5 Å². The standard InChI is InChI=1S/C27H30N2O4/c1-31-22-11-6-3-8-19(22)18-29-15-13-27(14-16-29)21-10-5-4-9-20(21)24(25(27)32-2)28-26(30)23-12-7-17-33-23/h3-12,17,24-25H,13-16,18H2,1-2H3,(H,28,30)/t24-,25+/m1/s1. The predicted molar refractivity (Wildman–Crippen MR) is 125 cm³/mol. The average Bonchev–Trinajstić information content (AvgIpc) is 3.48. The lowest BCUT2D eigenvalue weighted by molar-refractivity contribution is -0.0124. The van der Waals surface area contributed by atoms with Crippen molar-refractivity contribution in [1.82, 2.24) is 10.2 Å². The van der Waals surface area contributed by atoms with E-state index >= 15 is 0 Å². The van der Waals surface area contributed by atoms with Gasteiger partial charge in [-0.1, -0.05) is 42.5 Å². The lowest BCUT2D eigenvalue weighted by Gasteiger charge is -2.44. The first-order chi connectivity index (χ1) is 16.2. The number of para-hydroxylation sites is 1. The highest BCUT2D eigenvalue weighted by molar-refractivity contribution is 5.91. The Balaban J connectivity index is 1.38. The molecule has 6 heteroatoms. The number of carbonyl (C=O) groups excluding carboxylic acids is 1. The maximum Gasteiger partial charge on any atom is 0.287 e. The van der Waals surface area contributed by atoms with Gasteiger partial charge in [0.1, 0.15) is 5.75 Å². The molecule has 0 unspecified atom stereocenters. The van der Waals surface area contributed by atoms with Gasteiger partial charge in [0, 0.05) is 24.6 Å². The number of likely N-dealkylation sites (tertiary alicyclic amines) is 1. The summed E-state index contributed by atoms with van der Waals surface area (Å²) in [5.74, 6) is 1.03. The third-order valence-electron chi connectivity index (χ3n) is 7.30. The Morgan fingerprint density at radius 3 is 2.55 bits per heavy atom. The molecule has 2 aliphatic rings. The van der Waals surface area contributed by atoms with Gasteiger partial charge < -0.3 is 19.2 Å². The van der Waals surface area contributed by atoms with Gasteiger partial charge in [0.05, 0.1) is 25.5 Å². The van der Waals surface area contributed by atoms with E-state index in [1.54, 1.807) is 26.4 Å². The van der Waals surface area contributed by atoms with E-state index in [1.807, 2.05) is 18.2 Å². The summed E-state index contributed by atoms with van der Waals surface area (Å²) < 4.78 is 17.0. The average molecular weight is 447 g/mol. The first kappa shape index (κ1) is 21.7. The number of nitrogens with one attached hydrogen (secondary N) is 1. The van der Waals surface area contributed by atoms with Gasteiger partial charge >= 0.3 is 0 Å². The summed E-state index contributed by atoms with van der Waals surface area (Å²) in [6.45, 7) is 2.76. The van der Waals surface area contributed by atoms with Crippen LogP contribution in [0.4, 0.5) is 0 Å². The SMILES string of the molecule is COc1ccccc1CN1CCC2(CC1)c1ccccc1[C@@H](NC(=O)c1ccco1)[C@@H]2OC. The van der Waals surface area contributed by atoms with Crippen molar-refractivity contribution in [3.63, 3.8) is 0 Å². The topological polar surface area (TPSA) is 63.9 Å². The Morgan fingerprint density at radius 1 is 1.06 bits per heavy atom. The molecule has 0 radical (unpaired) electrons. The molecule has 33 heavy (non-hydrogen) atoms. The Bertz CT molecular complexity index is 1100. The smallest absolute Gasteiger partial charge is 0.287 e. The molecule has 1 aliphatic carbocycles. The van der Waals surface area contributed by atoms with Crippen molar-refractivity contribution in [1.29, 1.82) is 0 Å². The molecular formula is C27H30N2O4. The first-order valence-electron chi connectivity index (χ1n) is 11.5. The Labute approximate surface area is 194 Å². The second kappa shape index (κ2) is 9.04. The summed E-state index contributed by atoms with van der Waals surface area (Å²) in [6, 6.07) is 19.8. The molecule has 1 fully saturated rings. The van der Waals surface area contributed by atoms with Gasteiger partial charge in [0.2, 0.25) is 0 Å². The van der Waals surface area contributed by atoms with Crippen LogP contribution in [0.15, 0.2) is 71.3 Å². The largest absolute Gasteiger partial charge is 0.496 e. The van der Waals surface area contributed by atoms with Gasteiger partial charge in [-0.2, -0.15) is 0 Å². The summed E-state index contributed by atoms with van der Waals surface area (Å²) in [5, 5.41) is 3.19. The number of benzene rings is 2.